The first-order valence-electron chi connectivity index (χ1n) is 3.91. The molecule has 0 aliphatic carbocycles. The third kappa shape index (κ3) is 2.22. The van der Waals surface area contributed by atoms with Crippen molar-refractivity contribution in [2.75, 3.05) is 0 Å². The highest BCUT2D eigenvalue weighted by molar-refractivity contribution is 8.13. The minimum absolute atomic E-state index is 0.484. The van der Waals surface area contributed by atoms with Crippen molar-refractivity contribution in [3.05, 3.63) is 18.2 Å². The lowest BCUT2D eigenvalue weighted by atomic mass is 10.4. The van der Waals surface area contributed by atoms with Gasteiger partial charge in [-0.15, -0.1) is 0 Å². The first kappa shape index (κ1) is 10.5. The molecule has 1 heterocycles. The van der Waals surface area contributed by atoms with Crippen LogP contribution in [-0.2, 0) is 15.6 Å². The zero-order valence-corrected chi connectivity index (χ0v) is 9.01. The zero-order chi connectivity index (χ0) is 10.1. The highest BCUT2D eigenvalue weighted by Gasteiger charge is 2.23. The second-order valence-corrected chi connectivity index (χ2v) is 5.64. The van der Waals surface area contributed by atoms with Crippen LogP contribution in [-0.4, -0.2) is 18.0 Å². The lowest BCUT2D eigenvalue weighted by molar-refractivity contribution is 0.591. The van der Waals surface area contributed by atoms with E-state index >= 15 is 0 Å². The highest BCUT2D eigenvalue weighted by Crippen LogP contribution is 2.23. The second kappa shape index (κ2) is 3.67. The Morgan fingerprint density at radius 3 is 2.77 bits per heavy atom. The fourth-order valence-corrected chi connectivity index (χ4v) is 1.76. The molecule has 6 heteroatoms. The minimum Gasteiger partial charge on any atom is -0.334 e. The Morgan fingerprint density at radius 2 is 2.31 bits per heavy atom. The molecule has 74 valence electrons. The first-order valence-corrected chi connectivity index (χ1v) is 6.28. The summed E-state index contributed by atoms with van der Waals surface area (Å²) in [4.78, 5) is 3.95. The normalized spacial score (nSPS) is 14.4. The van der Waals surface area contributed by atoms with Gasteiger partial charge in [0.1, 0.15) is 11.1 Å². The van der Waals surface area contributed by atoms with Gasteiger partial charge in [0.25, 0.3) is 0 Å². The third-order valence-electron chi connectivity index (χ3n) is 1.87. The van der Waals surface area contributed by atoms with Gasteiger partial charge < -0.3 is 4.57 Å². The zero-order valence-electron chi connectivity index (χ0n) is 7.44. The van der Waals surface area contributed by atoms with Crippen LogP contribution in [0.25, 0.3) is 0 Å². The van der Waals surface area contributed by atoms with E-state index in [0.717, 1.165) is 0 Å². The molecular formula is C7H11ClN2O2S. The predicted molar refractivity (Wildman–Crippen MR) is 51.1 cm³/mol. The lowest BCUT2D eigenvalue weighted by Crippen LogP contribution is -2.10. The molecule has 0 N–H and O–H groups in total. The smallest absolute Gasteiger partial charge is 0.242 e. The summed E-state index contributed by atoms with van der Waals surface area (Å²) >= 11 is 0. The van der Waals surface area contributed by atoms with Crippen molar-refractivity contribution >= 4 is 19.7 Å². The molecule has 0 aromatic carbocycles. The van der Waals surface area contributed by atoms with Gasteiger partial charge in [0.15, 0.2) is 0 Å². The number of halogens is 1. The molecular weight excluding hydrogens is 212 g/mol. The molecule has 0 fully saturated rings. The van der Waals surface area contributed by atoms with E-state index in [1.165, 1.54) is 6.92 Å². The van der Waals surface area contributed by atoms with Gasteiger partial charge in [-0.3, -0.25) is 0 Å². The summed E-state index contributed by atoms with van der Waals surface area (Å²) < 4.78 is 23.8. The Hall–Kier alpha value is -0.550. The molecule has 1 atom stereocenters. The second-order valence-electron chi connectivity index (χ2n) is 2.69. The summed E-state index contributed by atoms with van der Waals surface area (Å²) in [5.41, 5.74) is 0. The fraction of sp³-hybridized carbons (Fsp3) is 0.571. The van der Waals surface area contributed by atoms with Crippen LogP contribution < -0.4 is 0 Å². The standard InChI is InChI=1S/C7H11ClN2O2S/c1-3-10-5-4-9-7(10)6(2)13(8,11)12/h4-6H,3H2,1-2H3/t6-/m1/s1. The van der Waals surface area contributed by atoms with Crippen molar-refractivity contribution in [1.82, 2.24) is 9.55 Å². The van der Waals surface area contributed by atoms with Gasteiger partial charge in [0.05, 0.1) is 0 Å². The lowest BCUT2D eigenvalue weighted by Gasteiger charge is -2.08. The molecule has 1 aromatic rings. The van der Waals surface area contributed by atoms with Crippen LogP contribution in [0.2, 0.25) is 0 Å². The van der Waals surface area contributed by atoms with E-state index in [2.05, 4.69) is 4.98 Å². The summed E-state index contributed by atoms with van der Waals surface area (Å²) in [5, 5.41) is -0.760. The van der Waals surface area contributed by atoms with Crippen molar-refractivity contribution < 1.29 is 8.42 Å². The number of imidazole rings is 1. The van der Waals surface area contributed by atoms with E-state index in [1.807, 2.05) is 6.92 Å². The largest absolute Gasteiger partial charge is 0.334 e. The molecule has 13 heavy (non-hydrogen) atoms. The van der Waals surface area contributed by atoms with Crippen LogP contribution in [0.15, 0.2) is 12.4 Å². The molecule has 0 radical (unpaired) electrons. The maximum Gasteiger partial charge on any atom is 0.242 e. The number of aryl methyl sites for hydroxylation is 1. The van der Waals surface area contributed by atoms with Gasteiger partial charge in [0.2, 0.25) is 9.05 Å². The molecule has 0 aliphatic heterocycles. The molecule has 0 spiro atoms. The maximum atomic E-state index is 11.0. The number of rotatable bonds is 3. The molecule has 1 rings (SSSR count). The van der Waals surface area contributed by atoms with E-state index in [-0.39, 0.29) is 0 Å². The van der Waals surface area contributed by atoms with Gasteiger partial charge >= 0.3 is 0 Å². The average Bonchev–Trinajstić information content (AvgIpc) is 2.48. The van der Waals surface area contributed by atoms with Gasteiger partial charge in [-0.2, -0.15) is 0 Å². The molecule has 0 saturated heterocycles. The summed E-state index contributed by atoms with van der Waals surface area (Å²) in [5.74, 6) is 0.484. The topological polar surface area (TPSA) is 52.0 Å². The van der Waals surface area contributed by atoms with Crippen molar-refractivity contribution in [2.24, 2.45) is 0 Å². The van der Waals surface area contributed by atoms with Crippen LogP contribution >= 0.6 is 10.7 Å². The number of aromatic nitrogens is 2. The summed E-state index contributed by atoms with van der Waals surface area (Å²) in [7, 11) is 1.65. The number of nitrogens with zero attached hydrogens (tertiary/aromatic N) is 2. The van der Waals surface area contributed by atoms with Crippen molar-refractivity contribution in [2.45, 2.75) is 25.6 Å². The number of hydrogen-bond donors (Lipinski definition) is 0. The number of hydrogen-bond acceptors (Lipinski definition) is 3. The third-order valence-corrected chi connectivity index (χ3v) is 3.73. The van der Waals surface area contributed by atoms with Gasteiger partial charge in [-0.25, -0.2) is 13.4 Å². The molecule has 0 saturated carbocycles. The van der Waals surface area contributed by atoms with Crippen LogP contribution in [0, 0.1) is 0 Å². The van der Waals surface area contributed by atoms with Crippen molar-refractivity contribution in [3.8, 4) is 0 Å². The van der Waals surface area contributed by atoms with Crippen molar-refractivity contribution in [1.29, 1.82) is 0 Å². The van der Waals surface area contributed by atoms with Gasteiger partial charge in [0, 0.05) is 29.6 Å². The summed E-state index contributed by atoms with van der Waals surface area (Å²) in [6, 6.07) is 0. The maximum absolute atomic E-state index is 11.0. The SMILES string of the molecule is CCn1ccnc1[C@@H](C)S(=O)(=O)Cl. The van der Waals surface area contributed by atoms with Crippen LogP contribution in [0.1, 0.15) is 24.9 Å². The van der Waals surface area contributed by atoms with E-state index in [1.54, 1.807) is 17.0 Å². The Labute approximate surface area is 82.0 Å². The molecule has 0 aliphatic rings. The first-order chi connectivity index (χ1) is 5.96. The van der Waals surface area contributed by atoms with E-state index in [4.69, 9.17) is 10.7 Å². The fourth-order valence-electron chi connectivity index (χ4n) is 1.07. The quantitative estimate of drug-likeness (QED) is 0.729. The van der Waals surface area contributed by atoms with Crippen LogP contribution in [0.5, 0.6) is 0 Å². The predicted octanol–water partition coefficient (Wildman–Crippen LogP) is 1.53. The average molecular weight is 223 g/mol. The van der Waals surface area contributed by atoms with Gasteiger partial charge in [-0.05, 0) is 13.8 Å². The van der Waals surface area contributed by atoms with E-state index in [9.17, 15) is 8.42 Å². The van der Waals surface area contributed by atoms with Gasteiger partial charge in [-0.1, -0.05) is 0 Å². The molecule has 1 aromatic heterocycles. The molecule has 0 amide bonds. The minimum atomic E-state index is -3.57. The Kier molecular flexibility index (Phi) is 2.98. The summed E-state index contributed by atoms with van der Waals surface area (Å²) in [6.45, 7) is 4.13. The Bertz CT molecular complexity index is 385. The Balaban J connectivity index is 3.08. The van der Waals surface area contributed by atoms with E-state index < -0.39 is 14.3 Å². The van der Waals surface area contributed by atoms with Crippen molar-refractivity contribution in [3.63, 3.8) is 0 Å². The van der Waals surface area contributed by atoms with E-state index in [0.29, 0.717) is 12.4 Å². The highest BCUT2D eigenvalue weighted by atomic mass is 35.7. The Morgan fingerprint density at radius 1 is 1.69 bits per heavy atom. The molecule has 0 unspecified atom stereocenters. The monoisotopic (exact) mass is 222 g/mol. The molecule has 4 nitrogen and oxygen atoms in total. The van der Waals surface area contributed by atoms with Crippen LogP contribution in [0.3, 0.4) is 0 Å². The summed E-state index contributed by atoms with van der Waals surface area (Å²) in [6.07, 6.45) is 3.30. The molecule has 0 bridgehead atoms. The van der Waals surface area contributed by atoms with Crippen LogP contribution in [0.4, 0.5) is 0 Å².